The highest BCUT2D eigenvalue weighted by Gasteiger charge is 2.73. The van der Waals surface area contributed by atoms with Crippen LogP contribution >= 0.6 is 0 Å². The van der Waals surface area contributed by atoms with Gasteiger partial charge in [-0.2, -0.15) is 0 Å². The van der Waals surface area contributed by atoms with E-state index in [4.69, 9.17) is 37.9 Å². The zero-order valence-electron chi connectivity index (χ0n) is 49.3. The lowest BCUT2D eigenvalue weighted by atomic mass is 9.50. The van der Waals surface area contributed by atoms with E-state index in [1.54, 1.807) is 0 Å². The second kappa shape index (κ2) is 18.3. The maximum absolute atomic E-state index is 13.1. The fourth-order valence-corrected chi connectivity index (χ4v) is 21.1. The van der Waals surface area contributed by atoms with Crippen LogP contribution in [0.2, 0.25) is 0 Å². The summed E-state index contributed by atoms with van der Waals surface area (Å²) in [6.07, 6.45) is 20.0. The van der Waals surface area contributed by atoms with Crippen molar-refractivity contribution in [1.29, 1.82) is 0 Å². The first-order chi connectivity index (χ1) is 40.5. The predicted octanol–water partition coefficient (Wildman–Crippen LogP) is 11.2. The average Bonchev–Trinajstić information content (AvgIpc) is 1.67. The number of hydrogen-bond acceptors (Lipinski definition) is 11. The number of piperidine rings is 3. The van der Waals surface area contributed by atoms with Gasteiger partial charge >= 0.3 is 6.09 Å². The standard InChI is InChI=1S/C25H25NO3.2C23H29NO3/c1-15-8-10-17-14-20-19-11-9-16(2)23-25(19,21(17)22(15)29-23)12-13-26(20)24(27)28-18-6-4-3-5-7-18;2*1-14-2-5-16-12-18-17-6-7-23(25-10-11-26-23)21-22(17,19(16)20(14)27-21)8-9-24(18)13-15-3-4-15/h3-10,19-20,23H,11-14H2,1-2H3;2*2,5,15,17-18,21H,3-4,6-13H2,1H3/t19?,20-,23+,25+;2*17-,18+,21+,22-/m011/s1. The maximum Gasteiger partial charge on any atom is 0.415 e. The predicted molar refractivity (Wildman–Crippen MR) is 312 cm³/mol. The molecule has 6 bridgehead atoms. The zero-order valence-corrected chi connectivity index (χ0v) is 49.3. The number of nitrogens with zero attached hydrogens (tertiary/aromatic N) is 3. The number of benzene rings is 4. The number of amides is 1. The van der Waals surface area contributed by atoms with E-state index in [-0.39, 0.29) is 46.7 Å². The van der Waals surface area contributed by atoms with Crippen molar-refractivity contribution in [2.75, 3.05) is 59.2 Å². The second-order valence-corrected chi connectivity index (χ2v) is 28.8. The Labute approximate surface area is 489 Å². The third-order valence-corrected chi connectivity index (χ3v) is 24.9. The summed E-state index contributed by atoms with van der Waals surface area (Å²) in [5.74, 6) is 6.67. The summed E-state index contributed by atoms with van der Waals surface area (Å²) in [5.41, 5.74) is 14.3. The first-order valence-corrected chi connectivity index (χ1v) is 32.6. The van der Waals surface area contributed by atoms with Gasteiger partial charge in [0.1, 0.15) is 29.1 Å². The van der Waals surface area contributed by atoms with Crippen molar-refractivity contribution < 1.29 is 42.7 Å². The summed E-state index contributed by atoms with van der Waals surface area (Å²) in [4.78, 5) is 20.8. The van der Waals surface area contributed by atoms with Crippen molar-refractivity contribution in [3.63, 3.8) is 0 Å². The van der Waals surface area contributed by atoms with Crippen LogP contribution in [0.5, 0.6) is 23.0 Å². The zero-order chi connectivity index (χ0) is 55.4. The molecule has 4 saturated carbocycles. The van der Waals surface area contributed by atoms with Crippen LogP contribution in [0.25, 0.3) is 0 Å². The molecule has 5 spiro atoms. The summed E-state index contributed by atoms with van der Waals surface area (Å²) in [5, 5.41) is 0. The molecule has 0 radical (unpaired) electrons. The largest absolute Gasteiger partial charge is 0.485 e. The van der Waals surface area contributed by atoms with Gasteiger partial charge in [0.2, 0.25) is 11.6 Å². The molecule has 1 unspecified atom stereocenters. The first-order valence-electron chi connectivity index (χ1n) is 32.6. The Hall–Kier alpha value is -4.95. The number of aryl methyl sites for hydroxylation is 3. The number of rotatable bonds is 5. The molecule has 12 heteroatoms. The van der Waals surface area contributed by atoms with E-state index < -0.39 is 11.6 Å². The highest BCUT2D eigenvalue weighted by Crippen LogP contribution is 2.69. The Morgan fingerprint density at radius 3 is 1.49 bits per heavy atom. The van der Waals surface area contributed by atoms with Gasteiger partial charge in [-0.05, 0) is 205 Å². The van der Waals surface area contributed by atoms with Crippen LogP contribution in [-0.2, 0) is 54.5 Å². The normalized spacial score (nSPS) is 37.4. The van der Waals surface area contributed by atoms with Crippen molar-refractivity contribution in [3.05, 3.63) is 128 Å². The molecule has 9 fully saturated rings. The molecule has 8 heterocycles. The van der Waals surface area contributed by atoms with E-state index in [0.717, 1.165) is 61.2 Å². The van der Waals surface area contributed by atoms with E-state index in [1.807, 2.05) is 35.2 Å². The third-order valence-electron chi connectivity index (χ3n) is 24.9. The van der Waals surface area contributed by atoms with E-state index in [0.29, 0.717) is 68.6 Å². The smallest absolute Gasteiger partial charge is 0.415 e. The van der Waals surface area contributed by atoms with Crippen LogP contribution in [0, 0.1) is 50.4 Å². The van der Waals surface area contributed by atoms with Gasteiger partial charge in [-0.25, -0.2) is 4.79 Å². The van der Waals surface area contributed by atoms with Gasteiger partial charge in [-0.3, -0.25) is 9.80 Å². The summed E-state index contributed by atoms with van der Waals surface area (Å²) < 4.78 is 51.2. The molecule has 12 atom stereocenters. The Bertz CT molecular complexity index is 3230. The second-order valence-electron chi connectivity index (χ2n) is 28.8. The van der Waals surface area contributed by atoms with Crippen LogP contribution in [-0.4, -0.2) is 128 Å². The van der Waals surface area contributed by atoms with E-state index in [2.05, 4.69) is 80.0 Å². The van der Waals surface area contributed by atoms with E-state index >= 15 is 0 Å². The van der Waals surface area contributed by atoms with Gasteiger partial charge in [0.25, 0.3) is 0 Å². The Kier molecular flexibility index (Phi) is 11.3. The number of ether oxygens (including phenoxy) is 8. The van der Waals surface area contributed by atoms with Crippen molar-refractivity contribution >= 4 is 6.09 Å². The van der Waals surface area contributed by atoms with Crippen molar-refractivity contribution in [2.45, 2.75) is 188 Å². The van der Waals surface area contributed by atoms with Crippen LogP contribution in [0.1, 0.15) is 134 Å². The Balaban J connectivity index is 0.0000000952. The van der Waals surface area contributed by atoms with Gasteiger partial charge in [0.15, 0.2) is 12.2 Å². The molecule has 8 aliphatic heterocycles. The quantitative estimate of drug-likeness (QED) is 0.179. The fraction of sp³-hybridized carbons (Fsp3) is 0.620. The minimum atomic E-state index is -0.514. The number of carbonyl (C=O) groups excluding carboxylic acids is 1. The highest BCUT2D eigenvalue weighted by atomic mass is 16.8. The van der Waals surface area contributed by atoms with Gasteiger partial charge in [0, 0.05) is 83.5 Å². The number of carbonyl (C=O) groups is 1. The molecule has 12 nitrogen and oxygen atoms in total. The number of para-hydroxylation sites is 1. The molecular weight excluding hydrogens is 1040 g/mol. The van der Waals surface area contributed by atoms with E-state index in [9.17, 15) is 4.79 Å². The van der Waals surface area contributed by atoms with Crippen LogP contribution in [0.4, 0.5) is 4.79 Å². The summed E-state index contributed by atoms with van der Waals surface area (Å²) in [6.45, 7) is 17.4. The minimum absolute atomic E-state index is 0.00195. The van der Waals surface area contributed by atoms with Gasteiger partial charge in [-0.1, -0.05) is 60.7 Å². The number of likely N-dealkylation sites (tertiary alicyclic amines) is 3. The Morgan fingerprint density at radius 1 is 0.518 bits per heavy atom. The number of allylic oxidation sites excluding steroid dienone is 1. The highest BCUT2D eigenvalue weighted by molar-refractivity contribution is 5.73. The first kappa shape index (κ1) is 51.3. The van der Waals surface area contributed by atoms with Gasteiger partial charge in [0.05, 0.1) is 26.4 Å². The monoisotopic (exact) mass is 1120 g/mol. The number of hydrogen-bond donors (Lipinski definition) is 0. The van der Waals surface area contributed by atoms with Crippen LogP contribution in [0.15, 0.2) is 78.4 Å². The molecule has 4 aromatic carbocycles. The van der Waals surface area contributed by atoms with Crippen molar-refractivity contribution in [1.82, 2.24) is 14.7 Å². The molecule has 8 aliphatic carbocycles. The fourth-order valence-electron chi connectivity index (χ4n) is 21.1. The molecule has 1 amide bonds. The third kappa shape index (κ3) is 7.11. The summed E-state index contributed by atoms with van der Waals surface area (Å²) in [7, 11) is 0. The molecule has 4 aromatic rings. The van der Waals surface area contributed by atoms with Crippen LogP contribution in [0.3, 0.4) is 0 Å². The summed E-state index contributed by atoms with van der Waals surface area (Å²) in [6, 6.07) is 24.6. The lowest BCUT2D eigenvalue weighted by Crippen LogP contribution is -2.70. The molecule has 436 valence electrons. The van der Waals surface area contributed by atoms with Crippen LogP contribution < -0.4 is 18.9 Å². The molecule has 16 aliphatic rings. The molecule has 0 N–H and O–H groups in total. The molecular formula is C71H83N3O9. The Morgan fingerprint density at radius 2 is 0.988 bits per heavy atom. The van der Waals surface area contributed by atoms with E-state index in [1.165, 1.54) is 146 Å². The lowest BCUT2D eigenvalue weighted by molar-refractivity contribution is -0.261. The average molecular weight is 1120 g/mol. The molecule has 20 rings (SSSR count). The molecule has 83 heavy (non-hydrogen) atoms. The maximum atomic E-state index is 13.1. The van der Waals surface area contributed by atoms with Gasteiger partial charge < -0.3 is 42.8 Å². The van der Waals surface area contributed by atoms with Crippen molar-refractivity contribution in [2.24, 2.45) is 29.6 Å². The minimum Gasteiger partial charge on any atom is -0.485 e. The summed E-state index contributed by atoms with van der Waals surface area (Å²) >= 11 is 0. The topological polar surface area (TPSA) is 101 Å². The number of fused-ring (bicyclic) bond motifs is 2. The molecule has 5 saturated heterocycles. The van der Waals surface area contributed by atoms with Gasteiger partial charge in [-0.15, -0.1) is 0 Å². The lowest BCUT2D eigenvalue weighted by Gasteiger charge is -2.61. The SMILES string of the molecule is CC1=CCC2[C@@H]3Cc4ccc(C)c5c4[C@]2(CCN3C(=O)Oc2ccccc2)[C@@H]1O5.Cc1ccc2c3c1O[C@@H]1C4(CC[C@@H]5[C@H](C2)N(CC2CC2)CC[C@]351)OCCO4.Cc1ccc2c3c1O[C@@H]1C4(CC[C@@H]5[C@H](C2)N(CC2CC2)CC[C@]351)OCCO4. The molecule has 0 aromatic heterocycles. The van der Waals surface area contributed by atoms with Crippen molar-refractivity contribution in [3.8, 4) is 23.0 Å².